The summed E-state index contributed by atoms with van der Waals surface area (Å²) in [6, 6.07) is -1.11. The number of Topliss-reactive ketones (excluding diaryl/α,β-unsaturated/α-hetero) is 2. The molecule has 20 heavy (non-hydrogen) atoms. The van der Waals surface area contributed by atoms with Crippen LogP contribution in [0.5, 0.6) is 0 Å². The Kier molecular flexibility index (Phi) is 7.20. The molecule has 0 aromatic rings. The zero-order valence-electron chi connectivity index (χ0n) is 12.4. The highest BCUT2D eigenvalue weighted by atomic mass is 16.4. The number of carbonyl (C=O) groups excluding carboxylic acids is 2. The zero-order chi connectivity index (χ0) is 16.7. The van der Waals surface area contributed by atoms with Crippen LogP contribution in [0.1, 0.15) is 20.3 Å². The lowest BCUT2D eigenvalue weighted by Gasteiger charge is -2.24. The molecule has 0 heterocycles. The highest BCUT2D eigenvalue weighted by molar-refractivity contribution is 6.09. The summed E-state index contributed by atoms with van der Waals surface area (Å²) in [6.07, 6.45) is -7.77. The molecule has 0 aromatic carbocycles. The van der Waals surface area contributed by atoms with E-state index in [4.69, 9.17) is 11.6 Å². The summed E-state index contributed by atoms with van der Waals surface area (Å²) in [6.45, 7) is 2.49. The van der Waals surface area contributed by atoms with Crippen LogP contribution in [-0.4, -0.2) is 74.2 Å². The van der Waals surface area contributed by atoms with Crippen molar-refractivity contribution in [2.24, 2.45) is 11.6 Å². The first-order chi connectivity index (χ1) is 9.72. The highest BCUT2D eigenvalue weighted by Crippen LogP contribution is 2.11. The van der Waals surface area contributed by atoms with Gasteiger partial charge in [0, 0.05) is 0 Å². The fourth-order valence-electron chi connectivity index (χ4n) is 1.47. The van der Waals surface area contributed by atoms with E-state index in [0.717, 1.165) is 0 Å². The lowest BCUT2D eigenvalue weighted by molar-refractivity contribution is -0.153. The Morgan fingerprint density at radius 3 is 2.15 bits per heavy atom. The van der Waals surface area contributed by atoms with E-state index in [9.17, 15) is 24.9 Å². The number of rotatable bonds is 10. The number of hydrogen-bond donors (Lipinski definition) is 6. The van der Waals surface area contributed by atoms with E-state index < -0.39 is 48.6 Å². The number of hydrogen-bond acceptors (Lipinski definition) is 8. The molecule has 8 heteroatoms. The van der Waals surface area contributed by atoms with Crippen molar-refractivity contribution in [2.45, 2.75) is 50.7 Å². The van der Waals surface area contributed by atoms with Gasteiger partial charge in [-0.1, -0.05) is 20.3 Å². The first-order valence-electron chi connectivity index (χ1n) is 6.80. The van der Waals surface area contributed by atoms with Crippen LogP contribution in [0, 0.1) is 5.92 Å². The maximum Gasteiger partial charge on any atom is 0.200 e. The molecule has 0 spiro atoms. The molecule has 1 unspecified atom stereocenters. The van der Waals surface area contributed by atoms with Crippen molar-refractivity contribution in [2.75, 3.05) is 6.61 Å². The van der Waals surface area contributed by atoms with Crippen LogP contribution in [0.2, 0.25) is 1.41 Å². The van der Waals surface area contributed by atoms with Crippen molar-refractivity contribution in [3.63, 3.8) is 0 Å². The minimum absolute atomic E-state index is 0.331. The van der Waals surface area contributed by atoms with E-state index in [0.29, 0.717) is 6.42 Å². The number of aliphatic hydroxyl groups is 5. The third kappa shape index (κ3) is 4.58. The summed E-state index contributed by atoms with van der Waals surface area (Å²) in [5.74, 6) is -2.74. The molecule has 0 saturated heterocycles. The predicted octanol–water partition coefficient (Wildman–Crippen LogP) is -3.07. The standard InChI is InChI=1S/C12H23NO7/c1-3-5(2)7(13)9(17)11(19)12(20)10(18)8(16)6(15)4-14/h5-8,10-11,14-16,18-19H,3-4,13H2,1-2H3/t5-,6+,7-,8+,10-,11?/m0/s1/i/hD. The Balaban J connectivity index is 4.94. The van der Waals surface area contributed by atoms with Gasteiger partial charge in [0.25, 0.3) is 0 Å². The minimum Gasteiger partial charge on any atom is -0.394 e. The van der Waals surface area contributed by atoms with E-state index in [1.54, 1.807) is 13.8 Å². The van der Waals surface area contributed by atoms with Gasteiger partial charge in [-0.3, -0.25) is 9.59 Å². The Hall–Kier alpha value is -0.900. The molecule has 6 atom stereocenters. The van der Waals surface area contributed by atoms with Gasteiger partial charge in [-0.2, -0.15) is 0 Å². The average molecular weight is 294 g/mol. The summed E-state index contributed by atoms with van der Waals surface area (Å²) in [5, 5.41) is 46.3. The molecule has 0 radical (unpaired) electrons. The molecule has 0 rings (SSSR count). The lowest BCUT2D eigenvalue weighted by Crippen LogP contribution is -2.53. The first kappa shape index (κ1) is 17.2. The van der Waals surface area contributed by atoms with Gasteiger partial charge in [-0.15, -0.1) is 0 Å². The topological polar surface area (TPSA) is 161 Å². The highest BCUT2D eigenvalue weighted by Gasteiger charge is 2.38. The smallest absolute Gasteiger partial charge is 0.200 e. The van der Waals surface area contributed by atoms with Crippen LogP contribution in [0.25, 0.3) is 0 Å². The fourth-order valence-corrected chi connectivity index (χ4v) is 1.47. The molecule has 118 valence electrons. The van der Waals surface area contributed by atoms with Gasteiger partial charge in [0.2, 0.25) is 0 Å². The van der Waals surface area contributed by atoms with Crippen LogP contribution in [0.15, 0.2) is 0 Å². The molecule has 0 amide bonds. The van der Waals surface area contributed by atoms with Crippen LogP contribution in [0.3, 0.4) is 0 Å². The monoisotopic (exact) mass is 294 g/mol. The van der Waals surface area contributed by atoms with Crippen molar-refractivity contribution in [1.82, 2.24) is 0 Å². The van der Waals surface area contributed by atoms with Gasteiger partial charge in [0.15, 0.2) is 17.7 Å². The molecular formula is C12H23NO7. The molecule has 0 aliphatic rings. The molecule has 0 aliphatic heterocycles. The molecule has 0 bridgehead atoms. The minimum atomic E-state index is -2.24. The quantitative estimate of drug-likeness (QED) is 0.231. The number of ketones is 2. The summed E-state index contributed by atoms with van der Waals surface area (Å²) >= 11 is 0. The van der Waals surface area contributed by atoms with Crippen LogP contribution < -0.4 is 5.73 Å². The van der Waals surface area contributed by atoms with Crippen molar-refractivity contribution in [1.29, 1.82) is 0 Å². The number of nitrogens with two attached hydrogens (primary N) is 1. The molecule has 0 aromatic heterocycles. The summed E-state index contributed by atoms with van der Waals surface area (Å²) in [7, 11) is 0. The maximum absolute atomic E-state index is 11.9. The van der Waals surface area contributed by atoms with E-state index >= 15 is 0 Å². The lowest BCUT2D eigenvalue weighted by atomic mass is 9.90. The van der Waals surface area contributed by atoms with E-state index in [1.807, 2.05) is 5.73 Å². The third-order valence-electron chi connectivity index (χ3n) is 3.25. The Morgan fingerprint density at radius 2 is 1.75 bits per heavy atom. The third-order valence-corrected chi connectivity index (χ3v) is 3.25. The molecular weight excluding hydrogens is 270 g/mol. The number of carbonyl (C=O) groups is 2. The maximum atomic E-state index is 11.9. The SMILES string of the molecule is [2H]N[C@H](C(=O)C(O)C(=O)[C@@H](O)[C@H](O)[C@H](O)CO)[C@@H](C)CC. The summed E-state index contributed by atoms with van der Waals surface area (Å²) < 4.78 is 7.07. The van der Waals surface area contributed by atoms with Gasteiger partial charge in [-0.25, -0.2) is 0 Å². The second-order valence-electron chi connectivity index (χ2n) is 4.76. The normalized spacial score (nSPS) is 21.2. The molecule has 0 saturated carbocycles. The van der Waals surface area contributed by atoms with Gasteiger partial charge >= 0.3 is 0 Å². The summed E-state index contributed by atoms with van der Waals surface area (Å²) in [5.41, 5.74) is 1.95. The molecule has 8 nitrogen and oxygen atoms in total. The largest absolute Gasteiger partial charge is 0.394 e. The second kappa shape index (κ2) is 8.40. The van der Waals surface area contributed by atoms with Crippen LogP contribution in [0.4, 0.5) is 0 Å². The van der Waals surface area contributed by atoms with Crippen LogP contribution >= 0.6 is 0 Å². The van der Waals surface area contributed by atoms with Crippen molar-refractivity contribution in [3.8, 4) is 0 Å². The van der Waals surface area contributed by atoms with Crippen LogP contribution in [-0.2, 0) is 9.59 Å². The second-order valence-corrected chi connectivity index (χ2v) is 4.76. The first-order valence-corrected chi connectivity index (χ1v) is 6.30. The zero-order valence-corrected chi connectivity index (χ0v) is 11.4. The van der Waals surface area contributed by atoms with E-state index in [-0.39, 0.29) is 5.92 Å². The van der Waals surface area contributed by atoms with Crippen molar-refractivity contribution in [3.05, 3.63) is 0 Å². The number of aliphatic hydroxyl groups excluding tert-OH is 5. The van der Waals surface area contributed by atoms with E-state index in [2.05, 4.69) is 0 Å². The van der Waals surface area contributed by atoms with Crippen molar-refractivity contribution < 1.29 is 36.5 Å². The Labute approximate surface area is 118 Å². The Bertz CT molecular complexity index is 354. The van der Waals surface area contributed by atoms with Gasteiger partial charge in [0.05, 0.1) is 12.6 Å². The van der Waals surface area contributed by atoms with Gasteiger partial charge in [0.1, 0.15) is 19.7 Å². The predicted molar refractivity (Wildman–Crippen MR) is 68.6 cm³/mol. The average Bonchev–Trinajstić information content (AvgIpc) is 2.51. The molecule has 0 aliphatic carbocycles. The molecule has 0 fully saturated rings. The van der Waals surface area contributed by atoms with Crippen molar-refractivity contribution >= 4 is 11.6 Å². The van der Waals surface area contributed by atoms with Gasteiger partial charge < -0.3 is 31.3 Å². The Morgan fingerprint density at radius 1 is 1.20 bits per heavy atom. The van der Waals surface area contributed by atoms with E-state index in [1.165, 1.54) is 0 Å². The van der Waals surface area contributed by atoms with Gasteiger partial charge in [-0.05, 0) is 5.92 Å². The molecule has 7 N–H and O–H groups in total. The summed E-state index contributed by atoms with van der Waals surface area (Å²) in [4.78, 5) is 23.6. The fraction of sp³-hybridized carbons (Fsp3) is 0.833.